The van der Waals surface area contributed by atoms with Crippen molar-refractivity contribution in [2.45, 2.75) is 19.0 Å². The van der Waals surface area contributed by atoms with E-state index in [0.29, 0.717) is 25.5 Å². The van der Waals surface area contributed by atoms with Crippen molar-refractivity contribution in [1.29, 1.82) is 0 Å². The molecule has 2 aliphatic heterocycles. The lowest BCUT2D eigenvalue weighted by Crippen LogP contribution is -2.56. The van der Waals surface area contributed by atoms with Crippen LogP contribution in [0.5, 0.6) is 0 Å². The molecule has 4 heterocycles. The molecule has 21 heavy (non-hydrogen) atoms. The molecule has 0 aliphatic carbocycles. The van der Waals surface area contributed by atoms with Gasteiger partial charge in [-0.2, -0.15) is 0 Å². The first-order valence-corrected chi connectivity index (χ1v) is 8.20. The van der Waals surface area contributed by atoms with E-state index in [1.54, 1.807) is 0 Å². The van der Waals surface area contributed by atoms with Crippen molar-refractivity contribution >= 4 is 33.2 Å². The van der Waals surface area contributed by atoms with Crippen molar-refractivity contribution in [3.63, 3.8) is 0 Å². The minimum absolute atomic E-state index is 0.0291. The van der Waals surface area contributed by atoms with Gasteiger partial charge in [0.05, 0.1) is 30.3 Å². The summed E-state index contributed by atoms with van der Waals surface area (Å²) < 4.78 is 6.17. The van der Waals surface area contributed by atoms with Crippen LogP contribution in [0, 0.1) is 6.92 Å². The van der Waals surface area contributed by atoms with E-state index in [-0.39, 0.29) is 11.4 Å². The molecule has 7 heteroatoms. The van der Waals surface area contributed by atoms with Gasteiger partial charge in [0, 0.05) is 5.69 Å². The van der Waals surface area contributed by atoms with Crippen LogP contribution >= 0.6 is 27.3 Å². The molecular weight excluding hydrogens is 354 g/mol. The molecule has 0 N–H and O–H groups in total. The minimum atomic E-state index is -0.346. The van der Waals surface area contributed by atoms with E-state index in [1.165, 1.54) is 11.3 Å². The van der Waals surface area contributed by atoms with E-state index in [0.717, 1.165) is 20.2 Å². The van der Waals surface area contributed by atoms with Gasteiger partial charge in [-0.3, -0.25) is 9.78 Å². The van der Waals surface area contributed by atoms with E-state index in [9.17, 15) is 4.79 Å². The average molecular weight is 366 g/mol. The van der Waals surface area contributed by atoms with Gasteiger partial charge in [0.1, 0.15) is 11.2 Å². The van der Waals surface area contributed by atoms with Gasteiger partial charge in [0.25, 0.3) is 5.91 Å². The lowest BCUT2D eigenvalue weighted by atomic mass is 9.95. The van der Waals surface area contributed by atoms with Crippen molar-refractivity contribution < 1.29 is 9.53 Å². The van der Waals surface area contributed by atoms with Crippen molar-refractivity contribution in [1.82, 2.24) is 14.9 Å². The molecule has 4 rings (SSSR count). The lowest BCUT2D eigenvalue weighted by Gasteiger charge is -2.44. The maximum absolute atomic E-state index is 12.7. The fourth-order valence-corrected chi connectivity index (χ4v) is 4.47. The predicted molar refractivity (Wildman–Crippen MR) is 81.2 cm³/mol. The lowest BCUT2D eigenvalue weighted by molar-refractivity contribution is -0.126. The number of ether oxygens (including phenoxy) is 1. The van der Waals surface area contributed by atoms with Gasteiger partial charge in [-0.1, -0.05) is 6.07 Å². The Labute approximate surface area is 134 Å². The summed E-state index contributed by atoms with van der Waals surface area (Å²) in [4.78, 5) is 24.4. The third-order valence-electron chi connectivity index (χ3n) is 3.94. The second kappa shape index (κ2) is 4.59. The van der Waals surface area contributed by atoms with Crippen molar-refractivity contribution in [2.24, 2.45) is 0 Å². The summed E-state index contributed by atoms with van der Waals surface area (Å²) in [5, 5.41) is 0. The standard InChI is InChI=1S/C14H12BrN3O2S/c1-8-3-2-4-9(16-8)5-18-12(19)10-11(21-13(15)17-10)14(18)6-20-7-14/h2-4H,5-7H2,1H3. The Bertz CT molecular complexity index is 742. The third-order valence-corrected chi connectivity index (χ3v) is 5.64. The number of carbonyl (C=O) groups is 1. The summed E-state index contributed by atoms with van der Waals surface area (Å²) >= 11 is 4.89. The van der Waals surface area contributed by atoms with Crippen LogP contribution in [-0.4, -0.2) is 34.0 Å². The van der Waals surface area contributed by atoms with Gasteiger partial charge in [-0.15, -0.1) is 11.3 Å². The van der Waals surface area contributed by atoms with Gasteiger partial charge >= 0.3 is 0 Å². The highest BCUT2D eigenvalue weighted by molar-refractivity contribution is 9.11. The van der Waals surface area contributed by atoms with Gasteiger partial charge in [0.15, 0.2) is 3.92 Å². The molecule has 2 aromatic heterocycles. The Morgan fingerprint density at radius 2 is 2.24 bits per heavy atom. The molecule has 1 spiro atoms. The zero-order valence-corrected chi connectivity index (χ0v) is 13.7. The first-order chi connectivity index (χ1) is 10.1. The molecule has 1 fully saturated rings. The SMILES string of the molecule is Cc1cccc(CN2C(=O)c3nc(Br)sc3C23COC3)n1. The summed E-state index contributed by atoms with van der Waals surface area (Å²) in [6, 6.07) is 5.86. The summed E-state index contributed by atoms with van der Waals surface area (Å²) in [5.74, 6) is -0.0291. The van der Waals surface area contributed by atoms with Crippen LogP contribution in [0.15, 0.2) is 22.1 Å². The topological polar surface area (TPSA) is 55.3 Å². The monoisotopic (exact) mass is 365 g/mol. The van der Waals surface area contributed by atoms with Crippen molar-refractivity contribution in [2.75, 3.05) is 13.2 Å². The number of carbonyl (C=O) groups excluding carboxylic acids is 1. The fourth-order valence-electron chi connectivity index (χ4n) is 2.85. The number of nitrogens with zero attached hydrogens (tertiary/aromatic N) is 3. The van der Waals surface area contributed by atoms with E-state index in [4.69, 9.17) is 4.74 Å². The van der Waals surface area contributed by atoms with Gasteiger partial charge < -0.3 is 9.64 Å². The molecule has 0 saturated carbocycles. The van der Waals surface area contributed by atoms with Crippen LogP contribution in [0.1, 0.15) is 26.8 Å². The average Bonchev–Trinajstić information content (AvgIpc) is 2.86. The van der Waals surface area contributed by atoms with Crippen molar-refractivity contribution in [3.8, 4) is 0 Å². The molecule has 1 amide bonds. The van der Waals surface area contributed by atoms with Gasteiger partial charge in [0.2, 0.25) is 0 Å². The van der Waals surface area contributed by atoms with Crippen molar-refractivity contribution in [3.05, 3.63) is 44.1 Å². The van der Waals surface area contributed by atoms with Crippen LogP contribution in [0.4, 0.5) is 0 Å². The van der Waals surface area contributed by atoms with E-state index in [2.05, 4.69) is 25.9 Å². The summed E-state index contributed by atoms with van der Waals surface area (Å²) in [7, 11) is 0. The zero-order chi connectivity index (χ0) is 14.6. The fraction of sp³-hybridized carbons (Fsp3) is 0.357. The Morgan fingerprint density at radius 1 is 1.43 bits per heavy atom. The van der Waals surface area contributed by atoms with E-state index < -0.39 is 0 Å². The third kappa shape index (κ3) is 1.88. The van der Waals surface area contributed by atoms with Crippen LogP contribution in [-0.2, 0) is 16.8 Å². The number of hydrogen-bond acceptors (Lipinski definition) is 5. The highest BCUT2D eigenvalue weighted by Gasteiger charge is 2.57. The molecule has 2 aliphatic rings. The molecule has 0 aromatic carbocycles. The van der Waals surface area contributed by atoms with E-state index >= 15 is 0 Å². The number of pyridine rings is 1. The quantitative estimate of drug-likeness (QED) is 0.820. The first-order valence-electron chi connectivity index (χ1n) is 6.59. The summed E-state index contributed by atoms with van der Waals surface area (Å²) in [5.41, 5.74) is 2.06. The molecule has 0 bridgehead atoms. The molecule has 108 valence electrons. The number of thiazole rings is 1. The number of aromatic nitrogens is 2. The van der Waals surface area contributed by atoms with E-state index in [1.807, 2.05) is 30.0 Å². The van der Waals surface area contributed by atoms with Gasteiger partial charge in [-0.25, -0.2) is 4.98 Å². The normalized spacial score (nSPS) is 19.0. The highest BCUT2D eigenvalue weighted by atomic mass is 79.9. The molecule has 1 saturated heterocycles. The molecular formula is C14H12BrN3O2S. The highest BCUT2D eigenvalue weighted by Crippen LogP contribution is 2.48. The van der Waals surface area contributed by atoms with Crippen LogP contribution < -0.4 is 0 Å². The second-order valence-corrected chi connectivity index (χ2v) is 7.61. The smallest absolute Gasteiger partial charge is 0.275 e. The Balaban J connectivity index is 1.73. The summed E-state index contributed by atoms with van der Waals surface area (Å²) in [6.45, 7) is 3.51. The zero-order valence-electron chi connectivity index (χ0n) is 11.3. The molecule has 0 atom stereocenters. The largest absolute Gasteiger partial charge is 0.376 e. The molecule has 0 radical (unpaired) electrons. The first kappa shape index (κ1) is 13.4. The minimum Gasteiger partial charge on any atom is -0.376 e. The maximum atomic E-state index is 12.7. The number of aryl methyl sites for hydroxylation is 1. The Morgan fingerprint density at radius 3 is 2.90 bits per heavy atom. The second-order valence-electron chi connectivity index (χ2n) is 5.33. The maximum Gasteiger partial charge on any atom is 0.275 e. The van der Waals surface area contributed by atoms with Gasteiger partial charge in [-0.05, 0) is 35.0 Å². The van der Waals surface area contributed by atoms with Crippen LogP contribution in [0.25, 0.3) is 0 Å². The van der Waals surface area contributed by atoms with Crippen LogP contribution in [0.3, 0.4) is 0 Å². The number of halogens is 1. The summed E-state index contributed by atoms with van der Waals surface area (Å²) in [6.07, 6.45) is 0. The van der Waals surface area contributed by atoms with Crippen LogP contribution in [0.2, 0.25) is 0 Å². The molecule has 0 unspecified atom stereocenters. The Kier molecular flexibility index (Phi) is 2.92. The number of hydrogen-bond donors (Lipinski definition) is 0. The number of amides is 1. The molecule has 2 aromatic rings. The number of fused-ring (bicyclic) bond motifs is 2. The predicted octanol–water partition coefficient (Wildman–Crippen LogP) is 2.49. The Hall–Kier alpha value is -1.31. The molecule has 5 nitrogen and oxygen atoms in total. The number of rotatable bonds is 2.